The molecule has 0 aromatic heterocycles. The van der Waals surface area contributed by atoms with E-state index in [1.807, 2.05) is 0 Å². The first kappa shape index (κ1) is 16.9. The molecule has 0 radical (unpaired) electrons. The molecule has 4 N–H and O–H groups in total. The maximum absolute atomic E-state index is 11.2. The summed E-state index contributed by atoms with van der Waals surface area (Å²) in [7, 11) is 0. The van der Waals surface area contributed by atoms with Crippen LogP contribution in [-0.2, 0) is 9.59 Å². The zero-order chi connectivity index (χ0) is 14.0. The molecule has 6 nitrogen and oxygen atoms in total. The van der Waals surface area contributed by atoms with Crippen LogP contribution < -0.4 is 5.32 Å². The smallest absolute Gasteiger partial charge is 0.335 e. The van der Waals surface area contributed by atoms with E-state index in [0.717, 1.165) is 19.3 Å². The number of amides is 1. The van der Waals surface area contributed by atoms with E-state index in [1.54, 1.807) is 0 Å². The van der Waals surface area contributed by atoms with Crippen molar-refractivity contribution in [3.05, 3.63) is 0 Å². The normalized spacial score (nSPS) is 13.9. The highest BCUT2D eigenvalue weighted by Gasteiger charge is 2.29. The molecule has 0 aromatic carbocycles. The summed E-state index contributed by atoms with van der Waals surface area (Å²) in [6, 6.07) is 0. The number of aliphatic carboxylic acids is 1. The third kappa shape index (κ3) is 7.24. The molecule has 0 heterocycles. The van der Waals surface area contributed by atoms with Gasteiger partial charge in [0, 0.05) is 6.54 Å². The van der Waals surface area contributed by atoms with E-state index in [9.17, 15) is 14.7 Å². The van der Waals surface area contributed by atoms with Crippen molar-refractivity contribution in [3.63, 3.8) is 0 Å². The molecule has 0 saturated carbocycles. The first-order chi connectivity index (χ1) is 8.50. The van der Waals surface area contributed by atoms with Gasteiger partial charge in [-0.25, -0.2) is 4.79 Å². The zero-order valence-corrected chi connectivity index (χ0v) is 10.8. The van der Waals surface area contributed by atoms with Crippen LogP contribution in [0, 0.1) is 0 Å². The fourth-order valence-electron chi connectivity index (χ4n) is 1.50. The van der Waals surface area contributed by atoms with Crippen LogP contribution in [0.3, 0.4) is 0 Å². The van der Waals surface area contributed by atoms with E-state index >= 15 is 0 Å². The van der Waals surface area contributed by atoms with Gasteiger partial charge < -0.3 is 20.6 Å². The van der Waals surface area contributed by atoms with Crippen LogP contribution >= 0.6 is 0 Å². The van der Waals surface area contributed by atoms with Crippen LogP contribution in [0.2, 0.25) is 0 Å². The molecule has 0 unspecified atom stereocenters. The fourth-order valence-corrected chi connectivity index (χ4v) is 1.50. The number of carbonyl (C=O) groups is 2. The fraction of sp³-hybridized carbons (Fsp3) is 0.833. The molecule has 0 aliphatic heterocycles. The van der Waals surface area contributed by atoms with Gasteiger partial charge in [-0.15, -0.1) is 0 Å². The van der Waals surface area contributed by atoms with E-state index in [1.165, 1.54) is 19.3 Å². The van der Waals surface area contributed by atoms with Gasteiger partial charge in [-0.2, -0.15) is 0 Å². The highest BCUT2D eigenvalue weighted by molar-refractivity contribution is 5.87. The average molecular weight is 261 g/mol. The topological polar surface area (TPSA) is 107 Å². The molecule has 2 atom stereocenters. The van der Waals surface area contributed by atoms with E-state index < -0.39 is 24.1 Å². The Labute approximate surface area is 107 Å². The average Bonchev–Trinajstić information content (AvgIpc) is 2.35. The summed E-state index contributed by atoms with van der Waals surface area (Å²) >= 11 is 0. The van der Waals surface area contributed by atoms with Gasteiger partial charge in [-0.3, -0.25) is 4.79 Å². The molecule has 1 amide bonds. The maximum atomic E-state index is 11.2. The molecule has 0 aliphatic carbocycles. The van der Waals surface area contributed by atoms with Gasteiger partial charge in [0.1, 0.15) is 0 Å². The van der Waals surface area contributed by atoms with Gasteiger partial charge >= 0.3 is 5.97 Å². The number of unbranched alkanes of at least 4 members (excludes halogenated alkanes) is 5. The molecule has 0 fully saturated rings. The van der Waals surface area contributed by atoms with Crippen LogP contribution in [0.1, 0.15) is 45.4 Å². The number of nitrogens with one attached hydrogen (secondary N) is 1. The van der Waals surface area contributed by atoms with Gasteiger partial charge in [-0.05, 0) is 6.42 Å². The Balaban J connectivity index is 3.61. The lowest BCUT2D eigenvalue weighted by atomic mass is 10.1. The van der Waals surface area contributed by atoms with Crippen molar-refractivity contribution >= 4 is 11.9 Å². The SMILES string of the molecule is CCCCCCCCNC(=O)[C@H](O)[C@@H](O)C(=O)O. The molecular weight excluding hydrogens is 238 g/mol. The van der Waals surface area contributed by atoms with E-state index in [0.29, 0.717) is 6.54 Å². The van der Waals surface area contributed by atoms with Gasteiger partial charge in [0.05, 0.1) is 0 Å². The van der Waals surface area contributed by atoms with Crippen LogP contribution in [0.4, 0.5) is 0 Å². The second kappa shape index (κ2) is 9.85. The molecule has 0 aromatic rings. The second-order valence-electron chi connectivity index (χ2n) is 4.29. The number of carbonyl (C=O) groups excluding carboxylic acids is 1. The number of rotatable bonds is 10. The molecule has 0 bridgehead atoms. The first-order valence-electron chi connectivity index (χ1n) is 6.37. The van der Waals surface area contributed by atoms with Crippen LogP contribution in [0.15, 0.2) is 0 Å². The Morgan fingerprint density at radius 2 is 1.56 bits per heavy atom. The van der Waals surface area contributed by atoms with Gasteiger partial charge in [-0.1, -0.05) is 39.0 Å². The third-order valence-electron chi connectivity index (χ3n) is 2.65. The molecule has 0 saturated heterocycles. The number of carboxylic acids is 1. The molecule has 0 spiro atoms. The van der Waals surface area contributed by atoms with Crippen molar-refractivity contribution in [2.24, 2.45) is 0 Å². The lowest BCUT2D eigenvalue weighted by Gasteiger charge is -2.13. The van der Waals surface area contributed by atoms with Crippen molar-refractivity contribution in [2.45, 2.75) is 57.7 Å². The minimum atomic E-state index is -2.07. The number of aliphatic hydroxyl groups excluding tert-OH is 2. The Bertz CT molecular complexity index is 257. The minimum absolute atomic E-state index is 0.383. The highest BCUT2D eigenvalue weighted by atomic mass is 16.4. The van der Waals surface area contributed by atoms with Crippen LogP contribution in [0.5, 0.6) is 0 Å². The Morgan fingerprint density at radius 3 is 2.11 bits per heavy atom. The number of carboxylic acid groups (broad SMARTS) is 1. The molecule has 6 heteroatoms. The second-order valence-corrected chi connectivity index (χ2v) is 4.29. The van der Waals surface area contributed by atoms with E-state index in [2.05, 4.69) is 12.2 Å². The lowest BCUT2D eigenvalue weighted by molar-refractivity contribution is -0.158. The predicted octanol–water partition coefficient (Wildman–Crippen LogP) is 0.269. The highest BCUT2D eigenvalue weighted by Crippen LogP contribution is 2.04. The number of hydrogen-bond donors (Lipinski definition) is 4. The standard InChI is InChI=1S/C12H23NO5/c1-2-3-4-5-6-7-8-13-11(16)9(14)10(15)12(17)18/h9-10,14-15H,2-8H2,1H3,(H,13,16)(H,17,18)/t9-,10-/m1/s1. The summed E-state index contributed by atoms with van der Waals surface area (Å²) in [5.41, 5.74) is 0. The Morgan fingerprint density at radius 1 is 1.00 bits per heavy atom. The van der Waals surface area contributed by atoms with Gasteiger partial charge in [0.2, 0.25) is 0 Å². The largest absolute Gasteiger partial charge is 0.479 e. The number of aliphatic hydroxyl groups is 2. The number of hydrogen-bond acceptors (Lipinski definition) is 4. The maximum Gasteiger partial charge on any atom is 0.335 e. The van der Waals surface area contributed by atoms with E-state index in [4.69, 9.17) is 10.2 Å². The Kier molecular flexibility index (Phi) is 9.22. The monoisotopic (exact) mass is 261 g/mol. The van der Waals surface area contributed by atoms with Crippen molar-refractivity contribution < 1.29 is 24.9 Å². The summed E-state index contributed by atoms with van der Waals surface area (Å²) in [6.07, 6.45) is 2.43. The van der Waals surface area contributed by atoms with Crippen molar-refractivity contribution in [2.75, 3.05) is 6.54 Å². The summed E-state index contributed by atoms with van der Waals surface area (Å²) < 4.78 is 0. The lowest BCUT2D eigenvalue weighted by Crippen LogP contribution is -2.45. The molecule has 18 heavy (non-hydrogen) atoms. The quantitative estimate of drug-likeness (QED) is 0.422. The van der Waals surface area contributed by atoms with Crippen molar-refractivity contribution in [3.8, 4) is 0 Å². The summed E-state index contributed by atoms with van der Waals surface area (Å²) in [5, 5.41) is 28.9. The molecule has 0 aliphatic rings. The first-order valence-corrected chi connectivity index (χ1v) is 6.37. The molecule has 0 rings (SSSR count). The van der Waals surface area contributed by atoms with E-state index in [-0.39, 0.29) is 0 Å². The minimum Gasteiger partial charge on any atom is -0.479 e. The van der Waals surface area contributed by atoms with Crippen molar-refractivity contribution in [1.82, 2.24) is 5.32 Å². The summed E-state index contributed by atoms with van der Waals surface area (Å²) in [4.78, 5) is 21.6. The zero-order valence-electron chi connectivity index (χ0n) is 10.8. The molecular formula is C12H23NO5. The van der Waals surface area contributed by atoms with Gasteiger partial charge in [0.25, 0.3) is 5.91 Å². The third-order valence-corrected chi connectivity index (χ3v) is 2.65. The summed E-state index contributed by atoms with van der Waals surface area (Å²) in [6.45, 7) is 2.52. The predicted molar refractivity (Wildman–Crippen MR) is 66.0 cm³/mol. The van der Waals surface area contributed by atoms with Crippen LogP contribution in [0.25, 0.3) is 0 Å². The van der Waals surface area contributed by atoms with Crippen molar-refractivity contribution in [1.29, 1.82) is 0 Å². The summed E-state index contributed by atoms with van der Waals surface area (Å²) in [5.74, 6) is -2.46. The van der Waals surface area contributed by atoms with Gasteiger partial charge in [0.15, 0.2) is 12.2 Å². The molecule has 106 valence electrons. The Hall–Kier alpha value is -1.14. The van der Waals surface area contributed by atoms with Crippen LogP contribution in [-0.4, -0.2) is 45.9 Å².